The van der Waals surface area contributed by atoms with E-state index < -0.39 is 11.8 Å². The van der Waals surface area contributed by atoms with E-state index in [1.807, 2.05) is 66.7 Å². The molecule has 0 bridgehead atoms. The van der Waals surface area contributed by atoms with Gasteiger partial charge in [-0.2, -0.15) is 0 Å². The van der Waals surface area contributed by atoms with Crippen LogP contribution in [0.5, 0.6) is 0 Å². The molecular formula is C26H21Cl2NO3. The Balaban J connectivity index is 1.68. The molecule has 1 amide bonds. The maximum Gasteiger partial charge on any atom is 0.257 e. The molecule has 1 heterocycles. The van der Waals surface area contributed by atoms with Crippen LogP contribution in [-0.2, 0) is 17.0 Å². The Morgan fingerprint density at radius 2 is 1.59 bits per heavy atom. The van der Waals surface area contributed by atoms with Gasteiger partial charge in [-0.25, -0.2) is 0 Å². The number of hydrogen-bond donors (Lipinski definition) is 1. The summed E-state index contributed by atoms with van der Waals surface area (Å²) in [4.78, 5) is 15.4. The fourth-order valence-electron chi connectivity index (χ4n) is 4.49. The number of amides is 1. The molecule has 3 unspecified atom stereocenters. The first-order valence-corrected chi connectivity index (χ1v) is 11.2. The van der Waals surface area contributed by atoms with Crippen LogP contribution in [0.3, 0.4) is 0 Å². The Kier molecular flexibility index (Phi) is 5.56. The zero-order chi connectivity index (χ0) is 22.3. The normalized spacial score (nSPS) is 24.2. The number of benzene rings is 3. The lowest BCUT2D eigenvalue weighted by atomic mass is 9.92. The predicted molar refractivity (Wildman–Crippen MR) is 125 cm³/mol. The Bertz CT molecular complexity index is 1180. The van der Waals surface area contributed by atoms with Crippen LogP contribution in [0.2, 0.25) is 10.0 Å². The van der Waals surface area contributed by atoms with Crippen molar-refractivity contribution in [1.82, 2.24) is 4.90 Å². The molecule has 2 aliphatic rings. The van der Waals surface area contributed by atoms with E-state index in [-0.39, 0.29) is 12.0 Å². The smallest absolute Gasteiger partial charge is 0.257 e. The van der Waals surface area contributed by atoms with Crippen molar-refractivity contribution >= 4 is 29.1 Å². The van der Waals surface area contributed by atoms with Crippen LogP contribution < -0.4 is 0 Å². The van der Waals surface area contributed by atoms with Crippen LogP contribution in [0, 0.1) is 0 Å². The number of nitrogens with zero attached hydrogens (tertiary/aromatic N) is 1. The summed E-state index contributed by atoms with van der Waals surface area (Å²) in [5.74, 6) is -0.118. The molecule has 0 saturated carbocycles. The highest BCUT2D eigenvalue weighted by molar-refractivity contribution is 6.30. The molecule has 5 rings (SSSR count). The van der Waals surface area contributed by atoms with Gasteiger partial charge in [-0.1, -0.05) is 77.8 Å². The van der Waals surface area contributed by atoms with Gasteiger partial charge in [0, 0.05) is 39.7 Å². The minimum Gasteiger partial charge on any atom is -0.389 e. The third-order valence-corrected chi connectivity index (χ3v) is 6.48. The lowest BCUT2D eigenvalue weighted by molar-refractivity contribution is -0.137. The fraction of sp³-hybridized carbons (Fsp3) is 0.192. The van der Waals surface area contributed by atoms with Gasteiger partial charge in [0.05, 0.1) is 12.2 Å². The van der Waals surface area contributed by atoms with Gasteiger partial charge in [0.1, 0.15) is 0 Å². The highest BCUT2D eigenvalue weighted by Crippen LogP contribution is 2.47. The molecule has 3 aromatic carbocycles. The summed E-state index contributed by atoms with van der Waals surface area (Å²) in [5.41, 5.74) is 1.93. The van der Waals surface area contributed by atoms with E-state index in [0.29, 0.717) is 28.6 Å². The van der Waals surface area contributed by atoms with Gasteiger partial charge in [0.15, 0.2) is 5.72 Å². The zero-order valence-electron chi connectivity index (χ0n) is 17.1. The van der Waals surface area contributed by atoms with Crippen molar-refractivity contribution in [2.45, 2.75) is 30.9 Å². The fourth-order valence-corrected chi connectivity index (χ4v) is 4.74. The number of ether oxygens (including phenoxy) is 1. The van der Waals surface area contributed by atoms with Crippen molar-refractivity contribution in [3.05, 3.63) is 117 Å². The second-order valence-corrected chi connectivity index (χ2v) is 8.93. The van der Waals surface area contributed by atoms with Crippen LogP contribution in [0.25, 0.3) is 0 Å². The topological polar surface area (TPSA) is 49.8 Å². The number of aliphatic hydroxyl groups excluding tert-OH is 1. The van der Waals surface area contributed by atoms with Crippen LogP contribution >= 0.6 is 23.2 Å². The maximum atomic E-state index is 13.7. The third-order valence-electron chi connectivity index (χ3n) is 5.98. The van der Waals surface area contributed by atoms with Crippen molar-refractivity contribution < 1.29 is 14.6 Å². The average Bonchev–Trinajstić information content (AvgIpc) is 3.31. The number of halogens is 2. The predicted octanol–water partition coefficient (Wildman–Crippen LogP) is 5.56. The molecule has 1 N–H and O–H groups in total. The molecule has 0 spiro atoms. The summed E-state index contributed by atoms with van der Waals surface area (Å²) in [7, 11) is 0. The second kappa shape index (κ2) is 8.38. The summed E-state index contributed by atoms with van der Waals surface area (Å²) < 4.78 is 6.75. The minimum atomic E-state index is -1.17. The van der Waals surface area contributed by atoms with Gasteiger partial charge in [0.2, 0.25) is 0 Å². The standard InChI is InChI=1S/C26H21Cl2NO3/c27-19-9-5-17(6-10-19)16-29-25(31)23-3-1-2-4-24(23)26(29,18-7-11-20(28)12-8-18)32-22-14-13-21(30)15-22/h1-14,21-22,30H,15-16H2. The second-order valence-electron chi connectivity index (χ2n) is 8.06. The Morgan fingerprint density at radius 3 is 2.25 bits per heavy atom. The van der Waals surface area contributed by atoms with Crippen LogP contribution in [-0.4, -0.2) is 28.1 Å². The largest absolute Gasteiger partial charge is 0.389 e. The molecule has 162 valence electrons. The quantitative estimate of drug-likeness (QED) is 0.502. The highest BCUT2D eigenvalue weighted by Gasteiger charge is 2.53. The third kappa shape index (κ3) is 3.63. The Morgan fingerprint density at radius 1 is 0.938 bits per heavy atom. The summed E-state index contributed by atoms with van der Waals surface area (Å²) in [6.45, 7) is 0.326. The van der Waals surface area contributed by atoms with E-state index >= 15 is 0 Å². The van der Waals surface area contributed by atoms with Gasteiger partial charge in [-0.3, -0.25) is 9.69 Å². The van der Waals surface area contributed by atoms with Crippen molar-refractivity contribution in [3.8, 4) is 0 Å². The van der Waals surface area contributed by atoms with E-state index in [9.17, 15) is 9.90 Å². The molecule has 0 fully saturated rings. The molecule has 1 aliphatic heterocycles. The number of aliphatic hydroxyl groups is 1. The van der Waals surface area contributed by atoms with Gasteiger partial charge in [-0.15, -0.1) is 0 Å². The first-order chi connectivity index (χ1) is 15.5. The molecule has 4 nitrogen and oxygen atoms in total. The molecule has 32 heavy (non-hydrogen) atoms. The van der Waals surface area contributed by atoms with Crippen molar-refractivity contribution in [2.75, 3.05) is 0 Å². The lowest BCUT2D eigenvalue weighted by Crippen LogP contribution is -2.48. The summed E-state index contributed by atoms with van der Waals surface area (Å²) in [5, 5.41) is 11.3. The van der Waals surface area contributed by atoms with Crippen LogP contribution in [0.4, 0.5) is 0 Å². The number of carbonyl (C=O) groups is 1. The molecule has 0 saturated heterocycles. The van der Waals surface area contributed by atoms with Gasteiger partial charge in [0.25, 0.3) is 5.91 Å². The Hall–Kier alpha value is -2.63. The summed E-state index contributed by atoms with van der Waals surface area (Å²) >= 11 is 12.3. The average molecular weight is 466 g/mol. The van der Waals surface area contributed by atoms with Crippen molar-refractivity contribution in [1.29, 1.82) is 0 Å². The van der Waals surface area contributed by atoms with Gasteiger partial charge < -0.3 is 9.84 Å². The number of hydrogen-bond acceptors (Lipinski definition) is 3. The summed E-state index contributed by atoms with van der Waals surface area (Å²) in [6.07, 6.45) is 3.09. The van der Waals surface area contributed by atoms with E-state index in [1.165, 1.54) is 0 Å². The molecule has 1 aliphatic carbocycles. The van der Waals surface area contributed by atoms with Crippen molar-refractivity contribution in [3.63, 3.8) is 0 Å². The molecule has 3 atom stereocenters. The van der Waals surface area contributed by atoms with Crippen LogP contribution in [0.1, 0.15) is 33.5 Å². The van der Waals surface area contributed by atoms with Gasteiger partial charge >= 0.3 is 0 Å². The van der Waals surface area contributed by atoms with E-state index in [0.717, 1.165) is 16.7 Å². The van der Waals surface area contributed by atoms with Crippen molar-refractivity contribution in [2.24, 2.45) is 0 Å². The molecule has 0 aromatic heterocycles. The monoisotopic (exact) mass is 465 g/mol. The number of rotatable bonds is 5. The minimum absolute atomic E-state index is 0.118. The molecular weight excluding hydrogens is 445 g/mol. The SMILES string of the molecule is O=C1c2ccccc2C(OC2C=CC(O)C2)(c2ccc(Cl)cc2)N1Cc1ccc(Cl)cc1. The zero-order valence-corrected chi connectivity index (χ0v) is 18.6. The molecule has 0 radical (unpaired) electrons. The Labute approximate surface area is 196 Å². The summed E-state index contributed by atoms with van der Waals surface area (Å²) in [6, 6.07) is 22.3. The number of fused-ring (bicyclic) bond motifs is 1. The first-order valence-electron chi connectivity index (χ1n) is 10.4. The van der Waals surface area contributed by atoms with Gasteiger partial charge in [-0.05, 0) is 35.9 Å². The van der Waals surface area contributed by atoms with E-state index in [4.69, 9.17) is 27.9 Å². The van der Waals surface area contributed by atoms with Crippen LogP contribution in [0.15, 0.2) is 84.9 Å². The number of carbonyl (C=O) groups excluding carboxylic acids is 1. The highest BCUT2D eigenvalue weighted by atomic mass is 35.5. The van der Waals surface area contributed by atoms with E-state index in [2.05, 4.69) is 0 Å². The van der Waals surface area contributed by atoms with E-state index in [1.54, 1.807) is 23.1 Å². The lowest BCUT2D eigenvalue weighted by Gasteiger charge is -2.41. The molecule has 6 heteroatoms. The maximum absolute atomic E-state index is 13.7. The first kappa shape index (κ1) is 21.2. The molecule has 3 aromatic rings.